The molecular formula is C14H14O3. The third-order valence-electron chi connectivity index (χ3n) is 2.72. The molecule has 0 heterocycles. The number of rotatable bonds is 3. The van der Waals surface area contributed by atoms with Crippen LogP contribution in [0, 0.1) is 6.92 Å². The third-order valence-corrected chi connectivity index (χ3v) is 2.72. The van der Waals surface area contributed by atoms with Crippen LogP contribution in [0.3, 0.4) is 0 Å². The Morgan fingerprint density at radius 3 is 2.71 bits per heavy atom. The predicted molar refractivity (Wildman–Crippen MR) is 66.2 cm³/mol. The summed E-state index contributed by atoms with van der Waals surface area (Å²) in [4.78, 5) is 11.0. The van der Waals surface area contributed by atoms with Crippen molar-refractivity contribution < 1.29 is 14.3 Å². The van der Waals surface area contributed by atoms with Gasteiger partial charge in [0.1, 0.15) is 5.75 Å². The van der Waals surface area contributed by atoms with Crippen molar-refractivity contribution in [2.75, 3.05) is 13.7 Å². The van der Waals surface area contributed by atoms with Crippen LogP contribution < -0.4 is 4.74 Å². The largest absolute Gasteiger partial charge is 0.482 e. The lowest BCUT2D eigenvalue weighted by Gasteiger charge is -2.10. The van der Waals surface area contributed by atoms with Gasteiger partial charge in [-0.2, -0.15) is 0 Å². The smallest absolute Gasteiger partial charge is 0.343 e. The lowest BCUT2D eigenvalue weighted by atomic mass is 10.0. The zero-order chi connectivity index (χ0) is 12.3. The second kappa shape index (κ2) is 4.87. The number of carbonyl (C=O) groups is 1. The van der Waals surface area contributed by atoms with Crippen LogP contribution in [0.1, 0.15) is 5.56 Å². The van der Waals surface area contributed by atoms with Gasteiger partial charge in [0.05, 0.1) is 7.11 Å². The van der Waals surface area contributed by atoms with Crippen LogP contribution >= 0.6 is 0 Å². The first-order valence-electron chi connectivity index (χ1n) is 5.40. The van der Waals surface area contributed by atoms with E-state index in [9.17, 15) is 4.79 Å². The summed E-state index contributed by atoms with van der Waals surface area (Å²) in [6.45, 7) is 1.92. The van der Waals surface area contributed by atoms with Crippen molar-refractivity contribution in [1.82, 2.24) is 0 Å². The minimum absolute atomic E-state index is 0.0598. The Hall–Kier alpha value is -2.03. The Kier molecular flexibility index (Phi) is 3.28. The Morgan fingerprint density at radius 2 is 1.94 bits per heavy atom. The molecule has 0 atom stereocenters. The van der Waals surface area contributed by atoms with E-state index in [4.69, 9.17) is 4.74 Å². The maximum atomic E-state index is 11.0. The second-order valence-electron chi connectivity index (χ2n) is 3.77. The molecule has 3 nitrogen and oxygen atoms in total. The molecule has 2 aromatic rings. The number of esters is 1. The number of ether oxygens (including phenoxy) is 2. The molecule has 0 aromatic heterocycles. The van der Waals surface area contributed by atoms with E-state index >= 15 is 0 Å². The zero-order valence-corrected chi connectivity index (χ0v) is 9.90. The Balaban J connectivity index is 2.29. The number of aryl methyl sites for hydroxylation is 1. The molecule has 0 saturated heterocycles. The summed E-state index contributed by atoms with van der Waals surface area (Å²) in [5, 5.41) is 2.30. The highest BCUT2D eigenvalue weighted by atomic mass is 16.6. The summed E-state index contributed by atoms with van der Waals surface area (Å²) in [7, 11) is 1.35. The summed E-state index contributed by atoms with van der Waals surface area (Å²) >= 11 is 0. The number of hydrogen-bond donors (Lipinski definition) is 0. The molecule has 0 aliphatic carbocycles. The van der Waals surface area contributed by atoms with E-state index in [2.05, 4.69) is 4.74 Å². The molecule has 88 valence electrons. The van der Waals surface area contributed by atoms with Crippen LogP contribution in [0.15, 0.2) is 36.4 Å². The van der Waals surface area contributed by atoms with Gasteiger partial charge in [0, 0.05) is 0 Å². The zero-order valence-electron chi connectivity index (χ0n) is 9.90. The van der Waals surface area contributed by atoms with Gasteiger partial charge in [-0.1, -0.05) is 30.3 Å². The number of methoxy groups -OCH3 is 1. The first-order valence-corrected chi connectivity index (χ1v) is 5.40. The Morgan fingerprint density at radius 1 is 1.18 bits per heavy atom. The molecule has 2 rings (SSSR count). The SMILES string of the molecule is COC(=O)COc1ccc2ccccc2c1C. The normalized spacial score (nSPS) is 10.2. The van der Waals surface area contributed by atoms with E-state index in [1.807, 2.05) is 43.3 Å². The van der Waals surface area contributed by atoms with E-state index < -0.39 is 0 Å². The average Bonchev–Trinajstić information content (AvgIpc) is 2.38. The monoisotopic (exact) mass is 230 g/mol. The highest BCUT2D eigenvalue weighted by Gasteiger charge is 2.06. The number of carbonyl (C=O) groups excluding carboxylic acids is 1. The van der Waals surface area contributed by atoms with Crippen molar-refractivity contribution in [3.05, 3.63) is 42.0 Å². The molecule has 0 unspecified atom stereocenters. The molecule has 17 heavy (non-hydrogen) atoms. The number of fused-ring (bicyclic) bond motifs is 1. The molecule has 0 N–H and O–H groups in total. The Labute approximate surface area is 100.0 Å². The quantitative estimate of drug-likeness (QED) is 0.760. The first-order chi connectivity index (χ1) is 8.22. The maximum Gasteiger partial charge on any atom is 0.343 e. The minimum Gasteiger partial charge on any atom is -0.482 e. The van der Waals surface area contributed by atoms with Crippen LogP contribution in [0.5, 0.6) is 5.75 Å². The lowest BCUT2D eigenvalue weighted by Crippen LogP contribution is -2.13. The van der Waals surface area contributed by atoms with Gasteiger partial charge >= 0.3 is 5.97 Å². The van der Waals surface area contributed by atoms with Crippen LogP contribution in [0.2, 0.25) is 0 Å². The standard InChI is InChI=1S/C14H14O3/c1-10-12-6-4-3-5-11(12)7-8-13(10)17-9-14(15)16-2/h3-8H,9H2,1-2H3. The van der Waals surface area contributed by atoms with Gasteiger partial charge in [0.15, 0.2) is 6.61 Å². The molecule has 0 radical (unpaired) electrons. The van der Waals surface area contributed by atoms with Gasteiger partial charge in [0.25, 0.3) is 0 Å². The fraction of sp³-hybridized carbons (Fsp3) is 0.214. The van der Waals surface area contributed by atoms with Gasteiger partial charge in [-0.05, 0) is 29.3 Å². The van der Waals surface area contributed by atoms with E-state index in [1.165, 1.54) is 7.11 Å². The van der Waals surface area contributed by atoms with E-state index in [-0.39, 0.29) is 12.6 Å². The summed E-state index contributed by atoms with van der Waals surface area (Å²) in [5.41, 5.74) is 1.03. The van der Waals surface area contributed by atoms with Gasteiger partial charge in [-0.25, -0.2) is 4.79 Å². The highest BCUT2D eigenvalue weighted by Crippen LogP contribution is 2.26. The fourth-order valence-corrected chi connectivity index (χ4v) is 1.76. The topological polar surface area (TPSA) is 35.5 Å². The summed E-state index contributed by atoms with van der Waals surface area (Å²) < 4.78 is 9.96. The molecule has 2 aromatic carbocycles. The summed E-state index contributed by atoms with van der Waals surface area (Å²) in [6, 6.07) is 11.9. The molecule has 0 spiro atoms. The van der Waals surface area contributed by atoms with Crippen LogP contribution in [-0.4, -0.2) is 19.7 Å². The van der Waals surface area contributed by atoms with Crippen molar-refractivity contribution in [2.24, 2.45) is 0 Å². The lowest BCUT2D eigenvalue weighted by molar-refractivity contribution is -0.142. The van der Waals surface area contributed by atoms with E-state index in [1.54, 1.807) is 0 Å². The van der Waals surface area contributed by atoms with Crippen molar-refractivity contribution in [3.8, 4) is 5.75 Å². The van der Waals surface area contributed by atoms with Gasteiger partial charge in [-0.15, -0.1) is 0 Å². The average molecular weight is 230 g/mol. The number of benzene rings is 2. The van der Waals surface area contributed by atoms with E-state index in [0.29, 0.717) is 5.75 Å². The summed E-state index contributed by atoms with van der Waals surface area (Å²) in [5.74, 6) is 0.339. The third kappa shape index (κ3) is 2.38. The second-order valence-corrected chi connectivity index (χ2v) is 3.77. The molecule has 3 heteroatoms. The van der Waals surface area contributed by atoms with Crippen LogP contribution in [0.25, 0.3) is 10.8 Å². The molecular weight excluding hydrogens is 216 g/mol. The summed E-state index contributed by atoms with van der Waals surface area (Å²) in [6.07, 6.45) is 0. The van der Waals surface area contributed by atoms with Gasteiger partial charge < -0.3 is 9.47 Å². The predicted octanol–water partition coefficient (Wildman–Crippen LogP) is 2.70. The van der Waals surface area contributed by atoms with E-state index in [0.717, 1.165) is 16.3 Å². The number of hydrogen-bond acceptors (Lipinski definition) is 3. The highest BCUT2D eigenvalue weighted by molar-refractivity contribution is 5.87. The first kappa shape index (κ1) is 11.5. The molecule has 0 saturated carbocycles. The Bertz CT molecular complexity index is 546. The minimum atomic E-state index is -0.377. The van der Waals surface area contributed by atoms with Crippen molar-refractivity contribution >= 4 is 16.7 Å². The van der Waals surface area contributed by atoms with Crippen molar-refractivity contribution in [2.45, 2.75) is 6.92 Å². The van der Waals surface area contributed by atoms with Crippen LogP contribution in [0.4, 0.5) is 0 Å². The van der Waals surface area contributed by atoms with Gasteiger partial charge in [0.2, 0.25) is 0 Å². The van der Waals surface area contributed by atoms with Crippen molar-refractivity contribution in [1.29, 1.82) is 0 Å². The molecule has 0 bridgehead atoms. The fourth-order valence-electron chi connectivity index (χ4n) is 1.76. The molecule has 0 aliphatic heterocycles. The maximum absolute atomic E-state index is 11.0. The van der Waals surface area contributed by atoms with Crippen LogP contribution in [-0.2, 0) is 9.53 Å². The molecule has 0 fully saturated rings. The molecule has 0 aliphatic rings. The van der Waals surface area contributed by atoms with Gasteiger partial charge in [-0.3, -0.25) is 0 Å². The van der Waals surface area contributed by atoms with Crippen molar-refractivity contribution in [3.63, 3.8) is 0 Å². The molecule has 0 amide bonds.